The largest absolute Gasteiger partial charge is 0.456 e. The number of aryl methyl sites for hydroxylation is 6. The van der Waals surface area contributed by atoms with Gasteiger partial charge in [-0.2, -0.15) is 0 Å². The van der Waals surface area contributed by atoms with E-state index in [1.54, 1.807) is 0 Å². The molecule has 0 radical (unpaired) electrons. The fourth-order valence-corrected chi connectivity index (χ4v) is 15.6. The summed E-state index contributed by atoms with van der Waals surface area (Å²) in [6.45, 7) is 22.6. The van der Waals surface area contributed by atoms with Gasteiger partial charge in [0.1, 0.15) is 23.0 Å². The first kappa shape index (κ1) is 40.6. The number of hydrogen-bond donors (Lipinski definition) is 0. The lowest BCUT2D eigenvalue weighted by molar-refractivity contribution is 0.418. The van der Waals surface area contributed by atoms with Gasteiger partial charge in [0.25, 0.3) is 0 Å². The van der Waals surface area contributed by atoms with Crippen LogP contribution in [0, 0.1) is 41.5 Å². The summed E-state index contributed by atoms with van der Waals surface area (Å²) < 4.78 is 14.1. The number of benzene rings is 8. The lowest BCUT2D eigenvalue weighted by Gasteiger charge is -2.38. The molecule has 8 aromatic rings. The van der Waals surface area contributed by atoms with E-state index in [-0.39, 0.29) is 10.8 Å². The Morgan fingerprint density at radius 1 is 0.349 bits per heavy atom. The van der Waals surface area contributed by atoms with Crippen molar-refractivity contribution in [3.63, 3.8) is 0 Å². The van der Waals surface area contributed by atoms with Crippen molar-refractivity contribution in [2.24, 2.45) is 0 Å². The molecule has 0 saturated heterocycles. The second-order valence-electron chi connectivity index (χ2n) is 19.3. The first-order valence-electron chi connectivity index (χ1n) is 22.4. The molecule has 3 heteroatoms. The van der Waals surface area contributed by atoms with Crippen LogP contribution in [0.5, 0.6) is 23.0 Å². The second-order valence-corrected chi connectivity index (χ2v) is 23.1. The number of ether oxygens (including phenoxy) is 2. The smallest absolute Gasteiger partial charge is 0.179 e. The molecule has 0 fully saturated rings. The maximum Gasteiger partial charge on any atom is 0.179 e. The van der Waals surface area contributed by atoms with Gasteiger partial charge in [0.05, 0.1) is 0 Å². The SMILES string of the molecule is Cc1ccc2c(c1)Oc1c(ccc(C)c1-c1cc([Si](c3ccccc3)(c3ccccc3)c3ccc(C)c(-c4c(C)ccc5c4Oc4cc(C)ccc4C5(C)C)c3)ccc1C)C2(C)C. The summed E-state index contributed by atoms with van der Waals surface area (Å²) in [4.78, 5) is 0. The zero-order valence-electron chi connectivity index (χ0n) is 38.3. The third kappa shape index (κ3) is 6.26. The Morgan fingerprint density at radius 3 is 1.11 bits per heavy atom. The van der Waals surface area contributed by atoms with Gasteiger partial charge in [-0.05, 0) is 119 Å². The molecule has 2 aliphatic rings. The highest BCUT2D eigenvalue weighted by Gasteiger charge is 2.44. The van der Waals surface area contributed by atoms with Crippen LogP contribution in [0.1, 0.15) is 83.3 Å². The summed E-state index contributed by atoms with van der Waals surface area (Å²) >= 11 is 0. The molecular weight excluding hydrogens is 781 g/mol. The van der Waals surface area contributed by atoms with Gasteiger partial charge in [-0.25, -0.2) is 0 Å². The fourth-order valence-electron chi connectivity index (χ4n) is 10.8. The van der Waals surface area contributed by atoms with Crippen LogP contribution in [-0.2, 0) is 10.8 Å². The van der Waals surface area contributed by atoms with Crippen LogP contribution < -0.4 is 30.2 Å². The Bertz CT molecular complexity index is 2910. The van der Waals surface area contributed by atoms with E-state index in [2.05, 4.69) is 227 Å². The summed E-state index contributed by atoms with van der Waals surface area (Å²) in [7, 11) is -3.05. The summed E-state index contributed by atoms with van der Waals surface area (Å²) in [5.74, 6) is 3.82. The maximum atomic E-state index is 7.07. The highest BCUT2D eigenvalue weighted by molar-refractivity contribution is 7.20. The predicted octanol–water partition coefficient (Wildman–Crippen LogP) is 13.1. The monoisotopic (exact) mass is 836 g/mol. The highest BCUT2D eigenvalue weighted by atomic mass is 28.3. The molecule has 0 unspecified atom stereocenters. The zero-order valence-corrected chi connectivity index (χ0v) is 39.3. The molecule has 0 amide bonds. The van der Waals surface area contributed by atoms with Crippen LogP contribution in [-0.4, -0.2) is 8.07 Å². The standard InChI is InChI=1S/C60H56O2Si/c1-37-21-29-49-53(33-37)61-57-51(59(49,7)8)31-25-41(5)55(57)47-35-45(27-23-39(47)3)63(43-17-13-11-14-18-43,44-19-15-12-16-20-44)46-28-24-40(4)48(36-46)56-42(6)26-32-52-58(56)62-54-34-38(2)22-30-50(54)60(52,9)10/h11-36H,1-10H3. The van der Waals surface area contributed by atoms with Crippen LogP contribution >= 0.6 is 0 Å². The Kier molecular flexibility index (Phi) is 9.58. The van der Waals surface area contributed by atoms with Crippen molar-refractivity contribution >= 4 is 28.8 Å². The molecule has 312 valence electrons. The Balaban J connectivity index is 1.24. The molecule has 0 aliphatic carbocycles. The molecule has 0 aromatic heterocycles. The van der Waals surface area contributed by atoms with Crippen LogP contribution in [0.2, 0.25) is 0 Å². The number of rotatable bonds is 6. The minimum atomic E-state index is -3.05. The third-order valence-electron chi connectivity index (χ3n) is 14.4. The second kappa shape index (κ2) is 14.9. The molecule has 0 spiro atoms. The molecule has 0 atom stereocenters. The van der Waals surface area contributed by atoms with E-state index in [1.165, 1.54) is 98.6 Å². The molecule has 0 N–H and O–H groups in total. The third-order valence-corrected chi connectivity index (χ3v) is 19.2. The molecule has 2 heterocycles. The van der Waals surface area contributed by atoms with Crippen molar-refractivity contribution in [1.29, 1.82) is 0 Å². The van der Waals surface area contributed by atoms with E-state index in [4.69, 9.17) is 9.47 Å². The first-order valence-corrected chi connectivity index (χ1v) is 24.4. The molecule has 0 bridgehead atoms. The predicted molar refractivity (Wildman–Crippen MR) is 267 cm³/mol. The van der Waals surface area contributed by atoms with Crippen LogP contribution in [0.3, 0.4) is 0 Å². The van der Waals surface area contributed by atoms with E-state index in [0.717, 1.165) is 23.0 Å². The van der Waals surface area contributed by atoms with Crippen molar-refractivity contribution in [1.82, 2.24) is 0 Å². The Hall–Kier alpha value is -6.42. The van der Waals surface area contributed by atoms with Gasteiger partial charge in [0.15, 0.2) is 8.07 Å². The topological polar surface area (TPSA) is 18.5 Å². The molecule has 10 rings (SSSR count). The molecule has 8 aromatic carbocycles. The van der Waals surface area contributed by atoms with Gasteiger partial charge in [-0.1, -0.05) is 173 Å². The van der Waals surface area contributed by atoms with Crippen molar-refractivity contribution in [2.45, 2.75) is 80.1 Å². The lowest BCUT2D eigenvalue weighted by Crippen LogP contribution is -2.74. The minimum absolute atomic E-state index is 0.232. The first-order chi connectivity index (χ1) is 30.2. The van der Waals surface area contributed by atoms with Crippen LogP contribution in [0.15, 0.2) is 158 Å². The van der Waals surface area contributed by atoms with Crippen LogP contribution in [0.4, 0.5) is 0 Å². The van der Waals surface area contributed by atoms with Crippen LogP contribution in [0.25, 0.3) is 22.3 Å². The number of fused-ring (bicyclic) bond motifs is 4. The van der Waals surface area contributed by atoms with E-state index in [9.17, 15) is 0 Å². The lowest BCUT2D eigenvalue weighted by atomic mass is 9.74. The van der Waals surface area contributed by atoms with E-state index in [1.807, 2.05) is 0 Å². The Labute approximate surface area is 375 Å². The fraction of sp³-hybridized carbons (Fsp3) is 0.200. The van der Waals surface area contributed by atoms with Crippen molar-refractivity contribution in [3.8, 4) is 45.3 Å². The molecule has 63 heavy (non-hydrogen) atoms. The summed E-state index contributed by atoms with van der Waals surface area (Å²) in [5, 5.41) is 5.32. The van der Waals surface area contributed by atoms with Gasteiger partial charge in [-0.3, -0.25) is 0 Å². The normalized spacial score (nSPS) is 14.4. The average Bonchev–Trinajstić information content (AvgIpc) is 3.25. The van der Waals surface area contributed by atoms with Crippen molar-refractivity contribution < 1.29 is 9.47 Å². The molecule has 0 saturated carbocycles. The summed E-state index contributed by atoms with van der Waals surface area (Å²) in [5.41, 5.74) is 16.4. The van der Waals surface area contributed by atoms with E-state index >= 15 is 0 Å². The van der Waals surface area contributed by atoms with Crippen molar-refractivity contribution in [2.75, 3.05) is 0 Å². The van der Waals surface area contributed by atoms with Gasteiger partial charge >= 0.3 is 0 Å². The summed E-state index contributed by atoms with van der Waals surface area (Å²) in [6.07, 6.45) is 0. The molecular formula is C60H56O2Si. The Morgan fingerprint density at radius 2 is 0.714 bits per heavy atom. The zero-order chi connectivity index (χ0) is 44.0. The van der Waals surface area contributed by atoms with Crippen molar-refractivity contribution in [3.05, 3.63) is 213 Å². The van der Waals surface area contributed by atoms with E-state index < -0.39 is 8.07 Å². The minimum Gasteiger partial charge on any atom is -0.456 e. The van der Waals surface area contributed by atoms with Gasteiger partial charge in [-0.15, -0.1) is 0 Å². The maximum absolute atomic E-state index is 7.07. The van der Waals surface area contributed by atoms with Gasteiger partial charge in [0.2, 0.25) is 0 Å². The molecule has 2 nitrogen and oxygen atoms in total. The summed E-state index contributed by atoms with van der Waals surface area (Å²) in [6, 6.07) is 59.6. The average molecular weight is 837 g/mol. The van der Waals surface area contributed by atoms with Gasteiger partial charge in [0, 0.05) is 44.2 Å². The van der Waals surface area contributed by atoms with Gasteiger partial charge < -0.3 is 9.47 Å². The molecule has 2 aliphatic heterocycles. The highest BCUT2D eigenvalue weighted by Crippen LogP contribution is 2.54. The number of hydrogen-bond acceptors (Lipinski definition) is 2. The quantitative estimate of drug-likeness (QED) is 0.123. The van der Waals surface area contributed by atoms with E-state index in [0.29, 0.717) is 0 Å².